The Bertz CT molecular complexity index is 358. The van der Waals surface area contributed by atoms with Crippen LogP contribution in [0.4, 0.5) is 0 Å². The number of carbonyl (C=O) groups is 1. The van der Waals surface area contributed by atoms with Crippen LogP contribution in [0.2, 0.25) is 0 Å². The first kappa shape index (κ1) is 17.4. The third-order valence-corrected chi connectivity index (χ3v) is 4.42. The molecule has 0 heterocycles. The molecular weight excluding hydrogens is 268 g/mol. The van der Waals surface area contributed by atoms with Crippen LogP contribution in [0, 0.1) is 16.7 Å². The summed E-state index contributed by atoms with van der Waals surface area (Å²) in [6.45, 7) is 12.6. The van der Waals surface area contributed by atoms with E-state index in [2.05, 4.69) is 31.4 Å². The molecule has 116 valence electrons. The van der Waals surface area contributed by atoms with E-state index in [1.54, 1.807) is 0 Å². The van der Waals surface area contributed by atoms with Crippen molar-refractivity contribution in [3.05, 3.63) is 0 Å². The first-order valence-electron chi connectivity index (χ1n) is 7.62. The van der Waals surface area contributed by atoms with Crippen LogP contribution in [0.15, 0.2) is 0 Å². The topological polar surface area (TPSA) is 41.1 Å². The molecule has 1 fully saturated rings. The van der Waals surface area contributed by atoms with Gasteiger partial charge in [0.2, 0.25) is 5.91 Å². The second-order valence-corrected chi connectivity index (χ2v) is 8.50. The molecule has 3 nitrogen and oxygen atoms in total. The minimum absolute atomic E-state index is 0.0293. The summed E-state index contributed by atoms with van der Waals surface area (Å²) in [4.78, 5) is 11.9. The smallest absolute Gasteiger partial charge is 0.231 e. The number of thiocarbonyl (C=S) groups is 1. The monoisotopic (exact) mass is 298 g/mol. The van der Waals surface area contributed by atoms with Crippen LogP contribution in [0.3, 0.4) is 0 Å². The van der Waals surface area contributed by atoms with E-state index in [0.29, 0.717) is 16.6 Å². The molecule has 0 spiro atoms. The van der Waals surface area contributed by atoms with E-state index in [9.17, 15) is 4.79 Å². The molecule has 1 amide bonds. The molecule has 2 N–H and O–H groups in total. The quantitative estimate of drug-likeness (QED) is 0.726. The summed E-state index contributed by atoms with van der Waals surface area (Å²) in [6.07, 6.45) is 4.73. The molecule has 0 aromatic carbocycles. The SMILES string of the molecule is CC(C)(C)C(=O)NC(=S)NC1CCC(C(C)(C)C)CC1. The van der Waals surface area contributed by atoms with Crippen molar-refractivity contribution in [2.75, 3.05) is 0 Å². The second-order valence-electron chi connectivity index (χ2n) is 8.09. The Morgan fingerprint density at radius 2 is 1.50 bits per heavy atom. The van der Waals surface area contributed by atoms with E-state index in [0.717, 1.165) is 18.8 Å². The van der Waals surface area contributed by atoms with Gasteiger partial charge in [-0.25, -0.2) is 0 Å². The maximum absolute atomic E-state index is 11.9. The third-order valence-electron chi connectivity index (χ3n) is 4.20. The number of rotatable bonds is 1. The predicted molar refractivity (Wildman–Crippen MR) is 88.5 cm³/mol. The fourth-order valence-electron chi connectivity index (χ4n) is 2.62. The van der Waals surface area contributed by atoms with Gasteiger partial charge in [0.1, 0.15) is 0 Å². The summed E-state index contributed by atoms with van der Waals surface area (Å²) in [5, 5.41) is 6.56. The van der Waals surface area contributed by atoms with Gasteiger partial charge in [0.25, 0.3) is 0 Å². The van der Waals surface area contributed by atoms with Crippen molar-refractivity contribution in [1.29, 1.82) is 0 Å². The molecule has 1 rings (SSSR count). The molecule has 0 saturated heterocycles. The first-order valence-corrected chi connectivity index (χ1v) is 8.03. The lowest BCUT2D eigenvalue weighted by atomic mass is 9.71. The van der Waals surface area contributed by atoms with Gasteiger partial charge in [-0.3, -0.25) is 4.79 Å². The average Bonchev–Trinajstić information content (AvgIpc) is 2.26. The van der Waals surface area contributed by atoms with Crippen LogP contribution in [0.5, 0.6) is 0 Å². The molecule has 4 heteroatoms. The third kappa shape index (κ3) is 5.39. The Balaban J connectivity index is 2.37. The molecule has 0 aliphatic heterocycles. The lowest BCUT2D eigenvalue weighted by Crippen LogP contribution is -2.48. The van der Waals surface area contributed by atoms with Crippen molar-refractivity contribution in [1.82, 2.24) is 10.6 Å². The van der Waals surface area contributed by atoms with Crippen LogP contribution >= 0.6 is 12.2 Å². The van der Waals surface area contributed by atoms with Gasteiger partial charge in [0.15, 0.2) is 5.11 Å². The first-order chi connectivity index (χ1) is 9.00. The van der Waals surface area contributed by atoms with E-state index in [1.807, 2.05) is 20.8 Å². The van der Waals surface area contributed by atoms with Crippen molar-refractivity contribution < 1.29 is 4.79 Å². The van der Waals surface area contributed by atoms with Gasteiger partial charge < -0.3 is 10.6 Å². The van der Waals surface area contributed by atoms with Crippen molar-refractivity contribution in [3.8, 4) is 0 Å². The van der Waals surface area contributed by atoms with Crippen molar-refractivity contribution in [2.45, 2.75) is 73.3 Å². The van der Waals surface area contributed by atoms with E-state index in [1.165, 1.54) is 12.8 Å². The van der Waals surface area contributed by atoms with Gasteiger partial charge in [0, 0.05) is 11.5 Å². The lowest BCUT2D eigenvalue weighted by molar-refractivity contribution is -0.126. The predicted octanol–water partition coefficient (Wildman–Crippen LogP) is 3.63. The van der Waals surface area contributed by atoms with Crippen molar-refractivity contribution >= 4 is 23.2 Å². The summed E-state index contributed by atoms with van der Waals surface area (Å²) in [5.74, 6) is 0.761. The second kappa shape index (κ2) is 6.42. The number of carbonyl (C=O) groups excluding carboxylic acids is 1. The van der Waals surface area contributed by atoms with E-state index >= 15 is 0 Å². The van der Waals surface area contributed by atoms with Crippen LogP contribution < -0.4 is 10.6 Å². The number of hydrogen-bond donors (Lipinski definition) is 2. The molecule has 1 aliphatic rings. The fourth-order valence-corrected chi connectivity index (χ4v) is 2.88. The maximum atomic E-state index is 11.9. The molecule has 0 unspecified atom stereocenters. The molecule has 0 aromatic heterocycles. The zero-order valence-electron chi connectivity index (χ0n) is 13.8. The number of amides is 1. The largest absolute Gasteiger partial charge is 0.360 e. The Labute approximate surface area is 129 Å². The zero-order valence-corrected chi connectivity index (χ0v) is 14.6. The highest BCUT2D eigenvalue weighted by molar-refractivity contribution is 7.80. The van der Waals surface area contributed by atoms with Crippen molar-refractivity contribution in [2.24, 2.45) is 16.7 Å². The Hall–Kier alpha value is -0.640. The van der Waals surface area contributed by atoms with Crippen LogP contribution in [0.25, 0.3) is 0 Å². The summed E-state index contributed by atoms with van der Waals surface area (Å²) in [6, 6.07) is 0.404. The van der Waals surface area contributed by atoms with Crippen molar-refractivity contribution in [3.63, 3.8) is 0 Å². The Morgan fingerprint density at radius 3 is 1.90 bits per heavy atom. The molecule has 0 radical (unpaired) electrons. The standard InChI is InChI=1S/C16H30N2OS/c1-15(2,3)11-7-9-12(10-8-11)17-14(20)18-13(19)16(4,5)6/h11-12H,7-10H2,1-6H3,(H2,17,18,19,20). The average molecular weight is 298 g/mol. The molecule has 20 heavy (non-hydrogen) atoms. The van der Waals surface area contributed by atoms with Crippen LogP contribution in [0.1, 0.15) is 67.2 Å². The Morgan fingerprint density at radius 1 is 1.00 bits per heavy atom. The van der Waals surface area contributed by atoms with Gasteiger partial charge in [-0.2, -0.15) is 0 Å². The minimum atomic E-state index is -0.407. The van der Waals surface area contributed by atoms with E-state index < -0.39 is 5.41 Å². The van der Waals surface area contributed by atoms with Gasteiger partial charge >= 0.3 is 0 Å². The minimum Gasteiger partial charge on any atom is -0.360 e. The summed E-state index contributed by atoms with van der Waals surface area (Å²) in [7, 11) is 0. The van der Waals surface area contributed by atoms with Gasteiger partial charge in [0.05, 0.1) is 0 Å². The highest BCUT2D eigenvalue weighted by atomic mass is 32.1. The normalized spacial score (nSPS) is 24.1. The molecule has 1 saturated carbocycles. The summed E-state index contributed by atoms with van der Waals surface area (Å²) in [5.41, 5.74) is -0.0123. The maximum Gasteiger partial charge on any atom is 0.231 e. The summed E-state index contributed by atoms with van der Waals surface area (Å²) < 4.78 is 0. The molecular formula is C16H30N2OS. The lowest BCUT2D eigenvalue weighted by Gasteiger charge is -2.37. The molecule has 0 bridgehead atoms. The molecule has 0 atom stereocenters. The zero-order chi connectivity index (χ0) is 15.6. The molecule has 1 aliphatic carbocycles. The highest BCUT2D eigenvalue weighted by Crippen LogP contribution is 2.37. The van der Waals surface area contributed by atoms with Crippen LogP contribution in [-0.2, 0) is 4.79 Å². The van der Waals surface area contributed by atoms with Gasteiger partial charge in [-0.05, 0) is 49.2 Å². The highest BCUT2D eigenvalue weighted by Gasteiger charge is 2.30. The van der Waals surface area contributed by atoms with Gasteiger partial charge in [-0.1, -0.05) is 41.5 Å². The van der Waals surface area contributed by atoms with E-state index in [4.69, 9.17) is 12.2 Å². The van der Waals surface area contributed by atoms with Gasteiger partial charge in [-0.15, -0.1) is 0 Å². The number of nitrogens with one attached hydrogen (secondary N) is 2. The summed E-state index contributed by atoms with van der Waals surface area (Å²) >= 11 is 5.24. The Kier molecular flexibility index (Phi) is 5.59. The fraction of sp³-hybridized carbons (Fsp3) is 0.875. The van der Waals surface area contributed by atoms with Crippen LogP contribution in [-0.4, -0.2) is 17.1 Å². The van der Waals surface area contributed by atoms with E-state index in [-0.39, 0.29) is 5.91 Å². The number of hydrogen-bond acceptors (Lipinski definition) is 2. The molecule has 0 aromatic rings.